The van der Waals surface area contributed by atoms with E-state index in [0.717, 1.165) is 11.1 Å². The van der Waals surface area contributed by atoms with Crippen molar-refractivity contribution in [2.45, 2.75) is 36.9 Å². The van der Waals surface area contributed by atoms with E-state index in [9.17, 15) is 24.1 Å². The van der Waals surface area contributed by atoms with Crippen molar-refractivity contribution in [2.75, 3.05) is 14.2 Å². The van der Waals surface area contributed by atoms with Crippen LogP contribution in [0.15, 0.2) is 42.5 Å². The third kappa shape index (κ3) is 3.81. The minimum atomic E-state index is -3.96. The normalized spacial score (nSPS) is 26.7. The van der Waals surface area contributed by atoms with E-state index in [0.29, 0.717) is 23.5 Å². The molecule has 3 N–H and O–H groups in total. The first-order chi connectivity index (χ1) is 13.3. The largest absolute Gasteiger partial charge is 0.497 e. The van der Waals surface area contributed by atoms with E-state index < -0.39 is 30.5 Å². The molecule has 28 heavy (non-hydrogen) atoms. The lowest BCUT2D eigenvalue weighted by Gasteiger charge is -2.40. The fraction of sp³-hybridized carbons (Fsp3) is 0.400. The van der Waals surface area contributed by atoms with Gasteiger partial charge in [-0.2, -0.15) is 8.78 Å². The highest BCUT2D eigenvalue weighted by Gasteiger charge is 2.57. The Bertz CT molecular complexity index is 811. The molecule has 0 unspecified atom stereocenters. The van der Waals surface area contributed by atoms with E-state index in [-0.39, 0.29) is 0 Å². The molecule has 0 aliphatic carbocycles. The average Bonchev–Trinajstić information content (AvgIpc) is 2.70. The number of methoxy groups -OCH3 is 2. The predicted molar refractivity (Wildman–Crippen MR) is 95.6 cm³/mol. The summed E-state index contributed by atoms with van der Waals surface area (Å²) in [6.45, 7) is 0. The number of aliphatic hydroxyl groups excluding tert-OH is 3. The van der Waals surface area contributed by atoms with E-state index in [1.165, 1.54) is 13.2 Å². The molecule has 2 aromatic rings. The zero-order valence-electron chi connectivity index (χ0n) is 15.4. The van der Waals surface area contributed by atoms with E-state index in [4.69, 9.17) is 14.2 Å². The molecule has 0 bridgehead atoms. The van der Waals surface area contributed by atoms with E-state index >= 15 is 0 Å². The Labute approximate surface area is 160 Å². The highest BCUT2D eigenvalue weighted by atomic mass is 19.3. The van der Waals surface area contributed by atoms with Crippen molar-refractivity contribution >= 4 is 0 Å². The van der Waals surface area contributed by atoms with Crippen molar-refractivity contribution < 1.29 is 38.3 Å². The Morgan fingerprint density at radius 2 is 1.68 bits per heavy atom. The predicted octanol–water partition coefficient (Wildman–Crippen LogP) is 2.04. The van der Waals surface area contributed by atoms with Crippen LogP contribution in [-0.2, 0) is 11.2 Å². The van der Waals surface area contributed by atoms with Gasteiger partial charge in [0.05, 0.1) is 14.2 Å². The third-order valence-electron chi connectivity index (χ3n) is 4.82. The van der Waals surface area contributed by atoms with Crippen LogP contribution in [0.25, 0.3) is 0 Å². The maximum absolute atomic E-state index is 13.7. The summed E-state index contributed by atoms with van der Waals surface area (Å²) in [4.78, 5) is 0. The Morgan fingerprint density at radius 3 is 2.29 bits per heavy atom. The second-order valence-electron chi connectivity index (χ2n) is 6.62. The SMILES string of the molecule is COc1ccc(Cc2cc([C@@H]3O[C@H](O)C(F)(F)[C@H](O)[C@H]3O)ccc2OC)cc1. The molecule has 3 rings (SSSR count). The highest BCUT2D eigenvalue weighted by molar-refractivity contribution is 5.42. The van der Waals surface area contributed by atoms with Gasteiger partial charge in [0.15, 0.2) is 6.10 Å². The zero-order valence-corrected chi connectivity index (χ0v) is 15.4. The Kier molecular flexibility index (Phi) is 5.85. The molecule has 6 nitrogen and oxygen atoms in total. The standard InChI is InChI=1S/C20H22F2O6/c1-26-14-6-3-11(4-7-14)9-13-10-12(5-8-15(13)27-2)17-16(23)18(24)20(21,22)19(25)28-17/h3-8,10,16-19,23-25H,9H2,1-2H3/t16-,17-,18+,19-/m0/s1. The van der Waals surface area contributed by atoms with Crippen LogP contribution in [0.5, 0.6) is 11.5 Å². The molecule has 1 saturated heterocycles. The first kappa shape index (κ1) is 20.5. The van der Waals surface area contributed by atoms with Gasteiger partial charge in [-0.15, -0.1) is 0 Å². The molecular weight excluding hydrogens is 374 g/mol. The van der Waals surface area contributed by atoms with Crippen LogP contribution in [-0.4, -0.2) is 54.0 Å². The first-order valence-corrected chi connectivity index (χ1v) is 8.65. The summed E-state index contributed by atoms with van der Waals surface area (Å²) in [7, 11) is 3.08. The Hall–Kier alpha value is -2.26. The van der Waals surface area contributed by atoms with Crippen LogP contribution in [0.1, 0.15) is 22.8 Å². The molecule has 0 aromatic heterocycles. The number of halogens is 2. The van der Waals surface area contributed by atoms with E-state index in [1.54, 1.807) is 19.2 Å². The summed E-state index contributed by atoms with van der Waals surface area (Å²) in [5, 5.41) is 29.3. The van der Waals surface area contributed by atoms with Crippen LogP contribution in [0.3, 0.4) is 0 Å². The topological polar surface area (TPSA) is 88.4 Å². The van der Waals surface area contributed by atoms with Gasteiger partial charge in [0, 0.05) is 6.42 Å². The lowest BCUT2D eigenvalue weighted by Crippen LogP contribution is -2.58. The van der Waals surface area contributed by atoms with Gasteiger partial charge in [-0.3, -0.25) is 0 Å². The summed E-state index contributed by atoms with van der Waals surface area (Å²) in [6.07, 6.45) is -7.73. The second-order valence-corrected chi connectivity index (χ2v) is 6.62. The number of rotatable bonds is 5. The molecule has 1 aliphatic heterocycles. The van der Waals surface area contributed by atoms with Crippen LogP contribution >= 0.6 is 0 Å². The molecule has 0 saturated carbocycles. The number of alkyl halides is 2. The van der Waals surface area contributed by atoms with Gasteiger partial charge in [-0.1, -0.05) is 18.2 Å². The van der Waals surface area contributed by atoms with Crippen molar-refractivity contribution in [3.63, 3.8) is 0 Å². The van der Waals surface area contributed by atoms with Gasteiger partial charge in [0.25, 0.3) is 0 Å². The smallest absolute Gasteiger partial charge is 0.325 e. The molecule has 0 amide bonds. The summed E-state index contributed by atoms with van der Waals surface area (Å²) < 4.78 is 42.7. The number of ether oxygens (including phenoxy) is 3. The van der Waals surface area contributed by atoms with E-state index in [2.05, 4.69) is 0 Å². The quantitative estimate of drug-likeness (QED) is 0.717. The molecule has 152 valence electrons. The summed E-state index contributed by atoms with van der Waals surface area (Å²) in [5.41, 5.74) is 2.01. The lowest BCUT2D eigenvalue weighted by molar-refractivity contribution is -0.345. The first-order valence-electron chi connectivity index (χ1n) is 8.65. The van der Waals surface area contributed by atoms with Gasteiger partial charge >= 0.3 is 5.92 Å². The van der Waals surface area contributed by atoms with Gasteiger partial charge in [0.1, 0.15) is 23.7 Å². The van der Waals surface area contributed by atoms with Gasteiger partial charge in [-0.25, -0.2) is 0 Å². The number of hydrogen-bond acceptors (Lipinski definition) is 6. The Morgan fingerprint density at radius 1 is 1.00 bits per heavy atom. The number of benzene rings is 2. The van der Waals surface area contributed by atoms with Crippen molar-refractivity contribution in [3.05, 3.63) is 59.2 Å². The van der Waals surface area contributed by atoms with Crippen LogP contribution in [0.4, 0.5) is 8.78 Å². The van der Waals surface area contributed by atoms with Crippen LogP contribution in [0, 0.1) is 0 Å². The maximum Gasteiger partial charge on any atom is 0.325 e. The van der Waals surface area contributed by atoms with Crippen molar-refractivity contribution in [1.82, 2.24) is 0 Å². The van der Waals surface area contributed by atoms with E-state index in [1.807, 2.05) is 24.3 Å². The molecule has 2 aromatic carbocycles. The van der Waals surface area contributed by atoms with Gasteiger partial charge < -0.3 is 29.5 Å². The van der Waals surface area contributed by atoms with Crippen LogP contribution < -0.4 is 9.47 Å². The molecule has 0 radical (unpaired) electrons. The molecule has 1 aliphatic rings. The summed E-state index contributed by atoms with van der Waals surface area (Å²) in [5.74, 6) is -2.68. The van der Waals surface area contributed by atoms with Gasteiger partial charge in [0.2, 0.25) is 6.29 Å². The third-order valence-corrected chi connectivity index (χ3v) is 4.82. The number of aliphatic hydroxyl groups is 3. The molecule has 8 heteroatoms. The van der Waals surface area contributed by atoms with Gasteiger partial charge in [-0.05, 0) is 41.0 Å². The molecule has 4 atom stereocenters. The summed E-state index contributed by atoms with van der Waals surface area (Å²) >= 11 is 0. The number of hydrogen-bond donors (Lipinski definition) is 3. The molecule has 0 spiro atoms. The molecule has 1 heterocycles. The lowest BCUT2D eigenvalue weighted by atomic mass is 9.91. The molecular formula is C20H22F2O6. The van der Waals surface area contributed by atoms with Crippen molar-refractivity contribution in [2.24, 2.45) is 0 Å². The molecule has 1 fully saturated rings. The fourth-order valence-corrected chi connectivity index (χ4v) is 3.20. The second kappa shape index (κ2) is 8.00. The minimum absolute atomic E-state index is 0.338. The minimum Gasteiger partial charge on any atom is -0.497 e. The van der Waals surface area contributed by atoms with Crippen molar-refractivity contribution in [3.8, 4) is 11.5 Å². The maximum atomic E-state index is 13.7. The van der Waals surface area contributed by atoms with Crippen LogP contribution in [0.2, 0.25) is 0 Å². The fourth-order valence-electron chi connectivity index (χ4n) is 3.20. The summed E-state index contributed by atoms with van der Waals surface area (Å²) in [6, 6.07) is 12.2. The van der Waals surface area contributed by atoms with Crippen molar-refractivity contribution in [1.29, 1.82) is 0 Å². The Balaban J connectivity index is 1.90. The zero-order chi connectivity index (χ0) is 20.5. The average molecular weight is 396 g/mol. The highest BCUT2D eigenvalue weighted by Crippen LogP contribution is 2.40. The monoisotopic (exact) mass is 396 g/mol.